The van der Waals surface area contributed by atoms with Gasteiger partial charge in [-0.05, 0) is 30.7 Å². The number of H-pyrrole nitrogens is 1. The first-order valence-corrected chi connectivity index (χ1v) is 5.55. The van der Waals surface area contributed by atoms with Crippen LogP contribution in [0.2, 0.25) is 0 Å². The van der Waals surface area contributed by atoms with E-state index >= 15 is 0 Å². The second-order valence-electron chi connectivity index (χ2n) is 4.32. The standard InChI is InChI=1S/C14H11F2NO/c1-7-3-9-13-10(16)5-8(15)6-11(13)17-14(9)12(4-7)18-2/h3-6,17H,1-2H3. The van der Waals surface area contributed by atoms with Gasteiger partial charge in [-0.1, -0.05) is 0 Å². The number of aryl methyl sites for hydroxylation is 1. The van der Waals surface area contributed by atoms with Crippen molar-refractivity contribution in [2.75, 3.05) is 7.11 Å². The Hall–Kier alpha value is -2.10. The maximum Gasteiger partial charge on any atom is 0.143 e. The largest absolute Gasteiger partial charge is 0.495 e. The average Bonchev–Trinajstić information content (AvgIpc) is 2.65. The molecule has 0 atom stereocenters. The van der Waals surface area contributed by atoms with Gasteiger partial charge in [-0.2, -0.15) is 0 Å². The molecule has 92 valence electrons. The third kappa shape index (κ3) is 1.45. The fraction of sp³-hybridized carbons (Fsp3) is 0.143. The summed E-state index contributed by atoms with van der Waals surface area (Å²) in [6.07, 6.45) is 0. The Bertz CT molecular complexity index is 761. The zero-order valence-electron chi connectivity index (χ0n) is 9.97. The minimum absolute atomic E-state index is 0.397. The van der Waals surface area contributed by atoms with Gasteiger partial charge in [-0.3, -0.25) is 0 Å². The summed E-state index contributed by atoms with van der Waals surface area (Å²) in [6.45, 7) is 1.90. The molecule has 0 fully saturated rings. The summed E-state index contributed by atoms with van der Waals surface area (Å²) in [5, 5.41) is 1.10. The lowest BCUT2D eigenvalue weighted by atomic mass is 10.1. The summed E-state index contributed by atoms with van der Waals surface area (Å²) in [4.78, 5) is 3.00. The number of halogens is 2. The highest BCUT2D eigenvalue weighted by atomic mass is 19.1. The molecular formula is C14H11F2NO. The highest BCUT2D eigenvalue weighted by Gasteiger charge is 2.14. The van der Waals surface area contributed by atoms with Gasteiger partial charge in [0.05, 0.1) is 18.1 Å². The van der Waals surface area contributed by atoms with Crippen LogP contribution >= 0.6 is 0 Å². The number of nitrogens with one attached hydrogen (secondary N) is 1. The van der Waals surface area contributed by atoms with E-state index in [-0.39, 0.29) is 0 Å². The van der Waals surface area contributed by atoms with Crippen molar-refractivity contribution in [3.8, 4) is 5.75 Å². The minimum atomic E-state index is -0.595. The molecule has 1 aromatic heterocycles. The Morgan fingerprint density at radius 3 is 2.61 bits per heavy atom. The zero-order chi connectivity index (χ0) is 12.9. The van der Waals surface area contributed by atoms with E-state index in [1.807, 2.05) is 19.1 Å². The van der Waals surface area contributed by atoms with Crippen molar-refractivity contribution in [1.82, 2.24) is 4.98 Å². The molecule has 0 bridgehead atoms. The van der Waals surface area contributed by atoms with Crippen molar-refractivity contribution >= 4 is 21.8 Å². The quantitative estimate of drug-likeness (QED) is 0.692. The third-order valence-corrected chi connectivity index (χ3v) is 3.05. The van der Waals surface area contributed by atoms with E-state index in [0.29, 0.717) is 27.6 Å². The molecule has 18 heavy (non-hydrogen) atoms. The van der Waals surface area contributed by atoms with Gasteiger partial charge in [0.25, 0.3) is 0 Å². The van der Waals surface area contributed by atoms with Crippen LogP contribution in [0.25, 0.3) is 21.8 Å². The first kappa shape index (κ1) is 11.0. The zero-order valence-corrected chi connectivity index (χ0v) is 9.97. The number of hydrogen-bond donors (Lipinski definition) is 1. The van der Waals surface area contributed by atoms with E-state index in [9.17, 15) is 8.78 Å². The summed E-state index contributed by atoms with van der Waals surface area (Å²) in [5.41, 5.74) is 2.08. The molecule has 0 spiro atoms. The van der Waals surface area contributed by atoms with Gasteiger partial charge in [0.1, 0.15) is 17.4 Å². The van der Waals surface area contributed by atoms with Crippen molar-refractivity contribution < 1.29 is 13.5 Å². The summed E-state index contributed by atoms with van der Waals surface area (Å²) in [7, 11) is 1.55. The Kier molecular flexibility index (Phi) is 2.26. The first-order valence-electron chi connectivity index (χ1n) is 5.55. The number of hydrogen-bond acceptors (Lipinski definition) is 1. The highest BCUT2D eigenvalue weighted by Crippen LogP contribution is 2.34. The predicted molar refractivity (Wildman–Crippen MR) is 67.0 cm³/mol. The number of fused-ring (bicyclic) bond motifs is 3. The van der Waals surface area contributed by atoms with Crippen molar-refractivity contribution in [2.24, 2.45) is 0 Å². The van der Waals surface area contributed by atoms with Crippen molar-refractivity contribution in [1.29, 1.82) is 0 Å². The topological polar surface area (TPSA) is 25.0 Å². The molecule has 0 aliphatic carbocycles. The fourth-order valence-electron chi connectivity index (χ4n) is 2.32. The summed E-state index contributed by atoms with van der Waals surface area (Å²) in [6, 6.07) is 5.89. The van der Waals surface area contributed by atoms with Gasteiger partial charge in [-0.25, -0.2) is 8.78 Å². The molecule has 4 heteroatoms. The average molecular weight is 247 g/mol. The Morgan fingerprint density at radius 1 is 1.11 bits per heavy atom. The molecule has 3 aromatic rings. The molecule has 0 saturated heterocycles. The van der Waals surface area contributed by atoms with Crippen LogP contribution in [0.4, 0.5) is 8.78 Å². The summed E-state index contributed by atoms with van der Waals surface area (Å²) >= 11 is 0. The van der Waals surface area contributed by atoms with E-state index in [1.54, 1.807) is 7.11 Å². The van der Waals surface area contributed by atoms with Crippen LogP contribution in [-0.4, -0.2) is 12.1 Å². The molecular weight excluding hydrogens is 236 g/mol. The lowest BCUT2D eigenvalue weighted by molar-refractivity contribution is 0.419. The third-order valence-electron chi connectivity index (χ3n) is 3.05. The van der Waals surface area contributed by atoms with Gasteiger partial charge < -0.3 is 9.72 Å². The highest BCUT2D eigenvalue weighted by molar-refractivity contribution is 6.09. The van der Waals surface area contributed by atoms with E-state index in [0.717, 1.165) is 11.6 Å². The number of methoxy groups -OCH3 is 1. The second kappa shape index (κ2) is 3.70. The maximum absolute atomic E-state index is 13.9. The molecule has 2 nitrogen and oxygen atoms in total. The monoisotopic (exact) mass is 247 g/mol. The number of rotatable bonds is 1. The Labute approximate surface area is 102 Å². The molecule has 2 aromatic carbocycles. The minimum Gasteiger partial charge on any atom is -0.495 e. The van der Waals surface area contributed by atoms with E-state index in [2.05, 4.69) is 4.98 Å². The number of aromatic amines is 1. The van der Waals surface area contributed by atoms with Gasteiger partial charge in [-0.15, -0.1) is 0 Å². The van der Waals surface area contributed by atoms with Crippen LogP contribution in [-0.2, 0) is 0 Å². The number of ether oxygens (including phenoxy) is 1. The van der Waals surface area contributed by atoms with E-state index in [1.165, 1.54) is 6.07 Å². The number of aromatic nitrogens is 1. The van der Waals surface area contributed by atoms with Crippen LogP contribution in [0.1, 0.15) is 5.56 Å². The Morgan fingerprint density at radius 2 is 1.89 bits per heavy atom. The first-order chi connectivity index (χ1) is 8.60. The molecule has 0 saturated carbocycles. The smallest absolute Gasteiger partial charge is 0.143 e. The van der Waals surface area contributed by atoms with Crippen LogP contribution in [0.5, 0.6) is 5.75 Å². The molecule has 0 amide bonds. The summed E-state index contributed by atoms with van der Waals surface area (Å²) < 4.78 is 32.3. The second-order valence-corrected chi connectivity index (χ2v) is 4.32. The van der Waals surface area contributed by atoms with E-state index < -0.39 is 11.6 Å². The van der Waals surface area contributed by atoms with Gasteiger partial charge in [0.15, 0.2) is 0 Å². The molecule has 0 unspecified atom stereocenters. The Balaban J connectivity index is 2.55. The lowest BCUT2D eigenvalue weighted by Gasteiger charge is -2.03. The van der Waals surface area contributed by atoms with Crippen LogP contribution in [0.15, 0.2) is 24.3 Å². The van der Waals surface area contributed by atoms with Gasteiger partial charge in [0, 0.05) is 16.8 Å². The van der Waals surface area contributed by atoms with Crippen molar-refractivity contribution in [3.63, 3.8) is 0 Å². The van der Waals surface area contributed by atoms with Gasteiger partial charge >= 0.3 is 0 Å². The molecule has 0 radical (unpaired) electrons. The van der Waals surface area contributed by atoms with Crippen LogP contribution in [0, 0.1) is 18.6 Å². The summed E-state index contributed by atoms with van der Waals surface area (Å²) in [5.74, 6) is -0.535. The van der Waals surface area contributed by atoms with E-state index in [4.69, 9.17) is 4.74 Å². The van der Waals surface area contributed by atoms with Crippen LogP contribution in [0.3, 0.4) is 0 Å². The molecule has 3 rings (SSSR count). The SMILES string of the molecule is COc1cc(C)cc2c1[nH]c1cc(F)cc(F)c12. The van der Waals surface area contributed by atoms with Crippen molar-refractivity contribution in [3.05, 3.63) is 41.5 Å². The number of benzene rings is 2. The molecule has 1 heterocycles. The maximum atomic E-state index is 13.9. The van der Waals surface area contributed by atoms with Gasteiger partial charge in [0.2, 0.25) is 0 Å². The normalized spacial score (nSPS) is 11.3. The fourth-order valence-corrected chi connectivity index (χ4v) is 2.32. The van der Waals surface area contributed by atoms with Crippen molar-refractivity contribution in [2.45, 2.75) is 6.92 Å². The molecule has 0 aliphatic rings. The van der Waals surface area contributed by atoms with Crippen LogP contribution < -0.4 is 4.74 Å². The predicted octanol–water partition coefficient (Wildman–Crippen LogP) is 3.92. The lowest BCUT2D eigenvalue weighted by Crippen LogP contribution is -1.85. The molecule has 0 aliphatic heterocycles. The molecule has 1 N–H and O–H groups in total.